The predicted octanol–water partition coefficient (Wildman–Crippen LogP) is 1.66. The van der Waals surface area contributed by atoms with Crippen molar-refractivity contribution in [3.05, 3.63) is 59.7 Å². The summed E-state index contributed by atoms with van der Waals surface area (Å²) in [6, 6.07) is 13.4. The van der Waals surface area contributed by atoms with Crippen molar-refractivity contribution in [2.24, 2.45) is 10.1 Å². The van der Waals surface area contributed by atoms with Crippen LogP contribution in [0.2, 0.25) is 0 Å². The van der Waals surface area contributed by atoms with Gasteiger partial charge in [0.05, 0.1) is 30.7 Å². The molecule has 1 fully saturated rings. The Morgan fingerprint density at radius 3 is 2.65 bits per heavy atom. The molecule has 0 atom stereocenters. The highest BCUT2D eigenvalue weighted by molar-refractivity contribution is 8.15. The summed E-state index contributed by atoms with van der Waals surface area (Å²) in [5.74, 6) is -0.613. The second-order valence-electron chi connectivity index (χ2n) is 5.21. The molecule has 1 aliphatic heterocycles. The summed E-state index contributed by atoms with van der Waals surface area (Å²) in [7, 11) is 1.58. The smallest absolute Gasteiger partial charge is 0.259 e. The minimum atomic E-state index is -1.30. The zero-order chi connectivity index (χ0) is 18.5. The number of carbonyl (C=O) groups excluding carboxylic acids is 2. The maximum absolute atomic E-state index is 12.1. The second-order valence-corrected chi connectivity index (χ2v) is 6.15. The molecule has 8 heteroatoms. The molecule has 7 nitrogen and oxygen atoms in total. The Balaban J connectivity index is 1.86. The molecule has 2 aromatic carbocycles. The summed E-state index contributed by atoms with van der Waals surface area (Å²) in [5, 5.41) is 16.9. The third-order valence-electron chi connectivity index (χ3n) is 3.53. The average molecular weight is 368 g/mol. The molecule has 0 aromatic heterocycles. The molecule has 0 unspecified atom stereocenters. The molecular formula is C18H14N3O4S-. The summed E-state index contributed by atoms with van der Waals surface area (Å²) in [4.78, 5) is 27.6. The lowest BCUT2D eigenvalue weighted by Crippen LogP contribution is -2.25. The number of aliphatic imine (C=N–C) groups is 1. The number of hydrogen-bond acceptors (Lipinski definition) is 7. The van der Waals surface area contributed by atoms with Gasteiger partial charge in [-0.15, -0.1) is 0 Å². The Hall–Kier alpha value is -3.13. The first kappa shape index (κ1) is 17.7. The summed E-state index contributed by atoms with van der Waals surface area (Å²) < 4.78 is 5.10. The highest BCUT2D eigenvalue weighted by Crippen LogP contribution is 2.25. The monoisotopic (exact) mass is 368 g/mol. The third kappa shape index (κ3) is 3.92. The lowest BCUT2D eigenvalue weighted by molar-refractivity contribution is -0.255. The molecule has 132 valence electrons. The number of methoxy groups -OCH3 is 1. The molecule has 1 amide bonds. The number of carboxylic acids is 1. The van der Waals surface area contributed by atoms with Crippen LogP contribution in [0.3, 0.4) is 0 Å². The first-order chi connectivity index (χ1) is 12.6. The van der Waals surface area contributed by atoms with Gasteiger partial charge in [0, 0.05) is 11.1 Å². The van der Waals surface area contributed by atoms with Gasteiger partial charge >= 0.3 is 0 Å². The van der Waals surface area contributed by atoms with Crippen LogP contribution in [0.4, 0.5) is 5.69 Å². The lowest BCUT2D eigenvalue weighted by Gasteiger charge is -2.10. The van der Waals surface area contributed by atoms with Crippen LogP contribution in [0.25, 0.3) is 0 Å². The quantitative estimate of drug-likeness (QED) is 0.748. The van der Waals surface area contributed by atoms with Crippen LogP contribution in [0.5, 0.6) is 5.75 Å². The largest absolute Gasteiger partial charge is 0.545 e. The van der Waals surface area contributed by atoms with Crippen LogP contribution in [-0.2, 0) is 4.79 Å². The molecule has 1 aliphatic rings. The molecule has 1 saturated heterocycles. The first-order valence-electron chi connectivity index (χ1n) is 7.61. The number of ether oxygens (including phenoxy) is 1. The third-order valence-corrected chi connectivity index (χ3v) is 4.45. The maximum atomic E-state index is 12.1. The normalized spacial score (nSPS) is 15.8. The van der Waals surface area contributed by atoms with Gasteiger partial charge in [-0.3, -0.25) is 4.79 Å². The van der Waals surface area contributed by atoms with Crippen molar-refractivity contribution in [3.8, 4) is 5.75 Å². The molecule has 3 rings (SSSR count). The SMILES string of the molecule is COc1ccc(N=C2SCC(=O)N2/N=C\c2ccccc2C(=O)[O-])cc1. The van der Waals surface area contributed by atoms with Crippen molar-refractivity contribution in [2.75, 3.05) is 12.9 Å². The minimum Gasteiger partial charge on any atom is -0.545 e. The van der Waals surface area contributed by atoms with Crippen LogP contribution in [0.15, 0.2) is 58.6 Å². The number of amides is 1. The van der Waals surface area contributed by atoms with E-state index in [0.717, 1.165) is 0 Å². The van der Waals surface area contributed by atoms with E-state index in [-0.39, 0.29) is 17.2 Å². The summed E-state index contributed by atoms with van der Waals surface area (Å²) in [6.45, 7) is 0. The van der Waals surface area contributed by atoms with E-state index in [0.29, 0.717) is 22.2 Å². The Bertz CT molecular complexity index is 894. The van der Waals surface area contributed by atoms with Gasteiger partial charge in [-0.2, -0.15) is 10.1 Å². The van der Waals surface area contributed by atoms with Crippen LogP contribution < -0.4 is 9.84 Å². The molecule has 1 heterocycles. The molecule has 0 aliphatic carbocycles. The van der Waals surface area contributed by atoms with E-state index in [1.54, 1.807) is 49.6 Å². The van der Waals surface area contributed by atoms with Crippen LogP contribution >= 0.6 is 11.8 Å². The van der Waals surface area contributed by atoms with Gasteiger partial charge in [0.1, 0.15) is 5.75 Å². The molecule has 0 bridgehead atoms. The van der Waals surface area contributed by atoms with E-state index in [9.17, 15) is 14.7 Å². The van der Waals surface area contributed by atoms with Crippen molar-refractivity contribution < 1.29 is 19.4 Å². The van der Waals surface area contributed by atoms with Crippen molar-refractivity contribution in [3.63, 3.8) is 0 Å². The van der Waals surface area contributed by atoms with E-state index >= 15 is 0 Å². The Kier molecular flexibility index (Phi) is 5.33. The molecule has 0 radical (unpaired) electrons. The number of aromatic carboxylic acids is 1. The van der Waals surface area contributed by atoms with Gasteiger partial charge in [0.15, 0.2) is 5.17 Å². The fourth-order valence-corrected chi connectivity index (χ4v) is 3.05. The number of rotatable bonds is 5. The van der Waals surface area contributed by atoms with E-state index in [1.165, 1.54) is 29.1 Å². The van der Waals surface area contributed by atoms with Gasteiger partial charge in [-0.25, -0.2) is 4.99 Å². The summed E-state index contributed by atoms with van der Waals surface area (Å²) >= 11 is 1.26. The van der Waals surface area contributed by atoms with Crippen molar-refractivity contribution in [1.82, 2.24) is 5.01 Å². The highest BCUT2D eigenvalue weighted by atomic mass is 32.2. The van der Waals surface area contributed by atoms with Gasteiger partial charge in [0.25, 0.3) is 5.91 Å². The Labute approximate surface area is 154 Å². The number of thioether (sulfide) groups is 1. The van der Waals surface area contributed by atoms with E-state index in [2.05, 4.69) is 10.1 Å². The molecule has 0 N–H and O–H groups in total. The summed E-state index contributed by atoms with van der Waals surface area (Å²) in [5.41, 5.74) is 1.00. The molecule has 0 spiro atoms. The first-order valence-corrected chi connectivity index (χ1v) is 8.60. The van der Waals surface area contributed by atoms with Crippen LogP contribution in [0.1, 0.15) is 15.9 Å². The zero-order valence-electron chi connectivity index (χ0n) is 13.8. The molecule has 2 aromatic rings. The molecule has 0 saturated carbocycles. The van der Waals surface area contributed by atoms with Crippen molar-refractivity contribution in [2.45, 2.75) is 0 Å². The maximum Gasteiger partial charge on any atom is 0.259 e. The van der Waals surface area contributed by atoms with E-state index < -0.39 is 5.97 Å². The fraction of sp³-hybridized carbons (Fsp3) is 0.111. The number of hydrazone groups is 1. The second kappa shape index (κ2) is 7.83. The number of nitrogens with zero attached hydrogens (tertiary/aromatic N) is 3. The van der Waals surface area contributed by atoms with E-state index in [4.69, 9.17) is 4.74 Å². The highest BCUT2D eigenvalue weighted by Gasteiger charge is 2.28. The minimum absolute atomic E-state index is 0.00388. The van der Waals surface area contributed by atoms with Gasteiger partial charge in [0.2, 0.25) is 0 Å². The number of hydrogen-bond donors (Lipinski definition) is 0. The lowest BCUT2D eigenvalue weighted by atomic mass is 10.1. The number of carboxylic acid groups (broad SMARTS) is 1. The zero-order valence-corrected chi connectivity index (χ0v) is 14.6. The van der Waals surface area contributed by atoms with Gasteiger partial charge < -0.3 is 14.6 Å². The fourth-order valence-electron chi connectivity index (χ4n) is 2.23. The summed E-state index contributed by atoms with van der Waals surface area (Å²) in [6.07, 6.45) is 1.32. The van der Waals surface area contributed by atoms with Crippen LogP contribution in [-0.4, -0.2) is 41.1 Å². The average Bonchev–Trinajstić information content (AvgIpc) is 3.00. The van der Waals surface area contributed by atoms with Crippen molar-refractivity contribution in [1.29, 1.82) is 0 Å². The number of carbonyl (C=O) groups is 2. The van der Waals surface area contributed by atoms with Crippen molar-refractivity contribution >= 4 is 40.7 Å². The Morgan fingerprint density at radius 2 is 1.96 bits per heavy atom. The number of benzene rings is 2. The molecule has 26 heavy (non-hydrogen) atoms. The molecular weight excluding hydrogens is 354 g/mol. The predicted molar refractivity (Wildman–Crippen MR) is 97.8 cm³/mol. The topological polar surface area (TPSA) is 94.4 Å². The van der Waals surface area contributed by atoms with Gasteiger partial charge in [-0.05, 0) is 24.3 Å². The number of amidine groups is 1. The standard InChI is InChI=1S/C18H15N3O4S/c1-25-14-8-6-13(7-9-14)20-18-21(16(22)11-26-18)19-10-12-4-2-3-5-15(12)17(23)24/h2-10H,11H2,1H3,(H,23,24)/p-1/b19-10-,20-18?. The Morgan fingerprint density at radius 1 is 1.23 bits per heavy atom. The van der Waals surface area contributed by atoms with E-state index in [1.807, 2.05) is 0 Å². The van der Waals surface area contributed by atoms with Crippen LogP contribution in [0, 0.1) is 0 Å². The van der Waals surface area contributed by atoms with Gasteiger partial charge in [-0.1, -0.05) is 36.0 Å².